The van der Waals surface area contributed by atoms with Crippen molar-refractivity contribution < 1.29 is 9.84 Å². The molecule has 0 unspecified atom stereocenters. The van der Waals surface area contributed by atoms with Crippen molar-refractivity contribution in [2.24, 2.45) is 0 Å². The summed E-state index contributed by atoms with van der Waals surface area (Å²) in [5, 5.41) is 11.6. The molecule has 3 heterocycles. The highest BCUT2D eigenvalue weighted by Crippen LogP contribution is 2.33. The molecule has 152 valence electrons. The first-order chi connectivity index (χ1) is 14.8. The molecule has 0 radical (unpaired) electrons. The van der Waals surface area contributed by atoms with Crippen LogP contribution in [0, 0.1) is 0 Å². The third-order valence-electron chi connectivity index (χ3n) is 5.46. The molecule has 30 heavy (non-hydrogen) atoms. The van der Waals surface area contributed by atoms with Crippen molar-refractivity contribution in [1.29, 1.82) is 0 Å². The van der Waals surface area contributed by atoms with Crippen molar-refractivity contribution in [3.63, 3.8) is 0 Å². The Hall–Kier alpha value is -2.80. The molecule has 2 aromatic carbocycles. The van der Waals surface area contributed by atoms with E-state index in [0.29, 0.717) is 6.42 Å². The van der Waals surface area contributed by atoms with E-state index in [1.165, 1.54) is 11.3 Å². The maximum Gasteiger partial charge on any atom is 0.133 e. The number of morpholine rings is 1. The van der Waals surface area contributed by atoms with Crippen LogP contribution in [-0.4, -0.2) is 41.4 Å². The van der Waals surface area contributed by atoms with Crippen LogP contribution in [0.1, 0.15) is 17.0 Å². The van der Waals surface area contributed by atoms with Crippen molar-refractivity contribution in [1.82, 2.24) is 9.97 Å². The summed E-state index contributed by atoms with van der Waals surface area (Å²) in [6, 6.07) is 16.7. The molecule has 1 aliphatic heterocycles. The highest BCUT2D eigenvalue weighted by molar-refractivity contribution is 7.17. The van der Waals surface area contributed by atoms with Crippen molar-refractivity contribution in [3.8, 4) is 11.1 Å². The third kappa shape index (κ3) is 3.94. The molecular weight excluding hydrogens is 394 g/mol. The quantitative estimate of drug-likeness (QED) is 0.525. The average Bonchev–Trinajstić information content (AvgIpc) is 3.23. The molecule has 0 saturated carbocycles. The Labute approximate surface area is 179 Å². The highest BCUT2D eigenvalue weighted by Gasteiger charge is 2.13. The second-order valence-electron chi connectivity index (χ2n) is 7.45. The molecule has 0 atom stereocenters. The van der Waals surface area contributed by atoms with Gasteiger partial charge < -0.3 is 14.7 Å². The molecule has 5 nitrogen and oxygen atoms in total. The van der Waals surface area contributed by atoms with Crippen molar-refractivity contribution in [2.75, 3.05) is 31.2 Å². The normalized spacial score (nSPS) is 14.4. The zero-order valence-electron chi connectivity index (χ0n) is 16.6. The Bertz CT molecular complexity index is 1150. The van der Waals surface area contributed by atoms with Gasteiger partial charge in [-0.2, -0.15) is 0 Å². The number of anilines is 1. The molecule has 6 heteroatoms. The summed E-state index contributed by atoms with van der Waals surface area (Å²) in [5.41, 5.74) is 6.49. The number of fused-ring (bicyclic) bond motifs is 1. The van der Waals surface area contributed by atoms with Crippen LogP contribution in [-0.2, 0) is 17.8 Å². The Morgan fingerprint density at radius 3 is 2.67 bits per heavy atom. The van der Waals surface area contributed by atoms with E-state index in [0.717, 1.165) is 59.0 Å². The van der Waals surface area contributed by atoms with Crippen LogP contribution in [0.3, 0.4) is 0 Å². The molecule has 1 saturated heterocycles. The standard InChI is InChI=1S/C24H23N3O2S/c28-15-18-2-1-3-19(12-18)21-16-30-22-14-25-23(26-24(21)22)13-17-4-6-20(7-5-17)27-8-10-29-11-9-27/h1-7,12,14,16,28H,8-11,13,15H2. The van der Waals surface area contributed by atoms with Gasteiger partial charge in [-0.3, -0.25) is 0 Å². The fourth-order valence-electron chi connectivity index (χ4n) is 3.82. The minimum atomic E-state index is 0.0383. The maximum atomic E-state index is 9.45. The summed E-state index contributed by atoms with van der Waals surface area (Å²) in [5.74, 6) is 0.819. The number of aliphatic hydroxyl groups excluding tert-OH is 1. The molecule has 4 aromatic rings. The molecule has 0 aliphatic carbocycles. The molecule has 5 rings (SSSR count). The van der Waals surface area contributed by atoms with Crippen LogP contribution in [0.4, 0.5) is 5.69 Å². The maximum absolute atomic E-state index is 9.45. The van der Waals surface area contributed by atoms with E-state index in [9.17, 15) is 5.11 Å². The molecule has 0 spiro atoms. The summed E-state index contributed by atoms with van der Waals surface area (Å²) < 4.78 is 6.51. The summed E-state index contributed by atoms with van der Waals surface area (Å²) >= 11 is 1.65. The van der Waals surface area contributed by atoms with Gasteiger partial charge in [-0.25, -0.2) is 9.97 Å². The average molecular weight is 418 g/mol. The zero-order chi connectivity index (χ0) is 20.3. The fraction of sp³-hybridized carbons (Fsp3) is 0.250. The monoisotopic (exact) mass is 417 g/mol. The Morgan fingerprint density at radius 1 is 1.03 bits per heavy atom. The SMILES string of the molecule is OCc1cccc(-c2csc3cnc(Cc4ccc(N5CCOCC5)cc4)nc23)c1. The molecule has 1 fully saturated rings. The molecule has 0 bridgehead atoms. The number of ether oxygens (including phenoxy) is 1. The highest BCUT2D eigenvalue weighted by atomic mass is 32.1. The minimum absolute atomic E-state index is 0.0383. The third-order valence-corrected chi connectivity index (χ3v) is 6.37. The Balaban J connectivity index is 1.39. The second kappa shape index (κ2) is 8.52. The molecule has 2 aromatic heterocycles. The van der Waals surface area contributed by atoms with Gasteiger partial charge in [0, 0.05) is 42.3 Å². The lowest BCUT2D eigenvalue weighted by Crippen LogP contribution is -2.36. The fourth-order valence-corrected chi connectivity index (χ4v) is 4.69. The van der Waals surface area contributed by atoms with E-state index in [1.807, 2.05) is 24.4 Å². The van der Waals surface area contributed by atoms with Crippen LogP contribution < -0.4 is 4.90 Å². The molecule has 0 amide bonds. The van der Waals surface area contributed by atoms with Gasteiger partial charge in [-0.05, 0) is 34.9 Å². The first kappa shape index (κ1) is 19.2. The van der Waals surface area contributed by atoms with Crippen molar-refractivity contribution in [2.45, 2.75) is 13.0 Å². The van der Waals surface area contributed by atoms with E-state index >= 15 is 0 Å². The lowest BCUT2D eigenvalue weighted by molar-refractivity contribution is 0.122. The van der Waals surface area contributed by atoms with E-state index in [4.69, 9.17) is 9.72 Å². The zero-order valence-corrected chi connectivity index (χ0v) is 17.4. The van der Waals surface area contributed by atoms with Gasteiger partial charge >= 0.3 is 0 Å². The Kier molecular flexibility index (Phi) is 5.45. The van der Waals surface area contributed by atoms with Gasteiger partial charge in [-0.15, -0.1) is 11.3 Å². The van der Waals surface area contributed by atoms with Crippen LogP contribution in [0.5, 0.6) is 0 Å². The summed E-state index contributed by atoms with van der Waals surface area (Å²) in [6.07, 6.45) is 2.62. The topological polar surface area (TPSA) is 58.5 Å². The van der Waals surface area contributed by atoms with Crippen molar-refractivity contribution in [3.05, 3.63) is 77.1 Å². The first-order valence-electron chi connectivity index (χ1n) is 10.1. The van der Waals surface area contributed by atoms with Crippen LogP contribution >= 0.6 is 11.3 Å². The largest absolute Gasteiger partial charge is 0.392 e. The number of hydrogen-bond donors (Lipinski definition) is 1. The minimum Gasteiger partial charge on any atom is -0.392 e. The number of hydrogen-bond acceptors (Lipinski definition) is 6. The number of nitrogens with zero attached hydrogens (tertiary/aromatic N) is 3. The van der Waals surface area contributed by atoms with Gasteiger partial charge in [0.1, 0.15) is 5.82 Å². The Morgan fingerprint density at radius 2 is 1.87 bits per heavy atom. The number of aromatic nitrogens is 2. The van der Waals surface area contributed by atoms with Gasteiger partial charge in [0.15, 0.2) is 0 Å². The van der Waals surface area contributed by atoms with Gasteiger partial charge in [0.2, 0.25) is 0 Å². The van der Waals surface area contributed by atoms with Crippen LogP contribution in [0.25, 0.3) is 21.3 Å². The van der Waals surface area contributed by atoms with Gasteiger partial charge in [0.05, 0.1) is 30.0 Å². The van der Waals surface area contributed by atoms with Gasteiger partial charge in [0.25, 0.3) is 0 Å². The number of aliphatic hydroxyl groups is 1. The van der Waals surface area contributed by atoms with E-state index in [2.05, 4.69) is 45.6 Å². The summed E-state index contributed by atoms with van der Waals surface area (Å²) in [6.45, 7) is 3.51. The second-order valence-corrected chi connectivity index (χ2v) is 8.36. The van der Waals surface area contributed by atoms with Crippen LogP contribution in [0.15, 0.2) is 60.1 Å². The van der Waals surface area contributed by atoms with E-state index in [-0.39, 0.29) is 6.61 Å². The molecule has 1 aliphatic rings. The number of thiophene rings is 1. The summed E-state index contributed by atoms with van der Waals surface area (Å²) in [7, 11) is 0. The first-order valence-corrected chi connectivity index (χ1v) is 11.0. The predicted molar refractivity (Wildman–Crippen MR) is 121 cm³/mol. The van der Waals surface area contributed by atoms with E-state index < -0.39 is 0 Å². The van der Waals surface area contributed by atoms with Crippen molar-refractivity contribution >= 4 is 27.2 Å². The number of rotatable bonds is 5. The van der Waals surface area contributed by atoms with Gasteiger partial charge in [-0.1, -0.05) is 30.3 Å². The number of benzene rings is 2. The smallest absolute Gasteiger partial charge is 0.133 e. The van der Waals surface area contributed by atoms with Crippen LogP contribution in [0.2, 0.25) is 0 Å². The lowest BCUT2D eigenvalue weighted by atomic mass is 10.0. The van der Waals surface area contributed by atoms with E-state index in [1.54, 1.807) is 11.3 Å². The predicted octanol–water partition coefficient (Wildman–Crippen LogP) is 4.28. The molecular formula is C24H23N3O2S. The lowest BCUT2D eigenvalue weighted by Gasteiger charge is -2.28. The molecule has 1 N–H and O–H groups in total. The summed E-state index contributed by atoms with van der Waals surface area (Å²) in [4.78, 5) is 11.8.